The van der Waals surface area contributed by atoms with Crippen LogP contribution in [-0.4, -0.2) is 46.3 Å². The Kier molecular flexibility index (Phi) is 15.4. The van der Waals surface area contributed by atoms with Gasteiger partial charge in [0.15, 0.2) is 5.96 Å². The minimum atomic E-state index is -3.10. The molecule has 0 atom stereocenters. The molecule has 3 N–H and O–H groups in total. The molecule has 0 spiro atoms. The first-order chi connectivity index (χ1) is 9.05. The monoisotopic (exact) mass is 420 g/mol. The first-order valence-corrected chi connectivity index (χ1v) is 8.70. The summed E-state index contributed by atoms with van der Waals surface area (Å²) in [6.45, 7) is 8.27. The molecule has 0 aromatic heterocycles. The van der Waals surface area contributed by atoms with E-state index in [2.05, 4.69) is 27.3 Å². The van der Waals surface area contributed by atoms with Crippen molar-refractivity contribution < 1.29 is 8.42 Å². The maximum atomic E-state index is 11.2. The second kappa shape index (κ2) is 13.9. The van der Waals surface area contributed by atoms with Gasteiger partial charge in [-0.1, -0.05) is 19.8 Å². The minimum Gasteiger partial charge on any atom is -0.357 e. The van der Waals surface area contributed by atoms with E-state index in [0.717, 1.165) is 25.5 Å². The summed E-state index contributed by atoms with van der Waals surface area (Å²) in [5.74, 6) is 0.854. The van der Waals surface area contributed by atoms with Gasteiger partial charge in [-0.15, -0.1) is 24.0 Å². The van der Waals surface area contributed by atoms with Crippen molar-refractivity contribution in [2.75, 3.05) is 31.9 Å². The smallest absolute Gasteiger partial charge is 0.211 e. The van der Waals surface area contributed by atoms with Crippen LogP contribution in [-0.2, 0) is 10.0 Å². The zero-order valence-electron chi connectivity index (χ0n) is 12.7. The largest absolute Gasteiger partial charge is 0.357 e. The molecule has 0 aromatic rings. The van der Waals surface area contributed by atoms with Gasteiger partial charge in [0.1, 0.15) is 0 Å². The van der Waals surface area contributed by atoms with Crippen LogP contribution in [0.2, 0.25) is 0 Å². The zero-order chi connectivity index (χ0) is 14.6. The molecule has 0 heterocycles. The Morgan fingerprint density at radius 3 is 2.30 bits per heavy atom. The van der Waals surface area contributed by atoms with Crippen molar-refractivity contribution in [1.29, 1.82) is 0 Å². The number of hydrogen-bond acceptors (Lipinski definition) is 3. The lowest BCUT2D eigenvalue weighted by atomic mass is 10.2. The van der Waals surface area contributed by atoms with E-state index < -0.39 is 10.0 Å². The van der Waals surface area contributed by atoms with Crippen molar-refractivity contribution in [3.05, 3.63) is 0 Å². The van der Waals surface area contributed by atoms with Crippen LogP contribution in [0.15, 0.2) is 4.99 Å². The van der Waals surface area contributed by atoms with E-state index in [1.165, 1.54) is 12.8 Å². The molecule has 20 heavy (non-hydrogen) atoms. The molecule has 0 saturated heterocycles. The number of rotatable bonds is 10. The van der Waals surface area contributed by atoms with Gasteiger partial charge in [-0.3, -0.25) is 4.99 Å². The van der Waals surface area contributed by atoms with Crippen molar-refractivity contribution in [3.8, 4) is 0 Å². The summed E-state index contributed by atoms with van der Waals surface area (Å²) in [5.41, 5.74) is 0. The molecule has 122 valence electrons. The van der Waals surface area contributed by atoms with Crippen LogP contribution in [0.1, 0.15) is 40.0 Å². The molecule has 6 nitrogen and oxygen atoms in total. The summed E-state index contributed by atoms with van der Waals surface area (Å²) in [6.07, 6.45) is 3.44. The number of nitrogens with zero attached hydrogens (tertiary/aromatic N) is 1. The van der Waals surface area contributed by atoms with Crippen LogP contribution in [0.3, 0.4) is 0 Å². The number of hydrogen-bond donors (Lipinski definition) is 3. The first-order valence-electron chi connectivity index (χ1n) is 7.05. The second-order valence-electron chi connectivity index (χ2n) is 4.19. The van der Waals surface area contributed by atoms with Gasteiger partial charge in [-0.25, -0.2) is 13.1 Å². The third-order valence-electron chi connectivity index (χ3n) is 2.50. The second-order valence-corrected chi connectivity index (χ2v) is 6.29. The Morgan fingerprint density at radius 2 is 1.75 bits per heavy atom. The highest BCUT2D eigenvalue weighted by atomic mass is 127. The fourth-order valence-corrected chi connectivity index (χ4v) is 2.00. The molecule has 8 heteroatoms. The lowest BCUT2D eigenvalue weighted by Gasteiger charge is -2.11. The van der Waals surface area contributed by atoms with E-state index in [0.29, 0.717) is 13.1 Å². The third-order valence-corrected chi connectivity index (χ3v) is 3.90. The molecule has 0 bridgehead atoms. The van der Waals surface area contributed by atoms with Gasteiger partial charge in [-0.2, -0.15) is 0 Å². The van der Waals surface area contributed by atoms with Gasteiger partial charge in [-0.05, 0) is 20.3 Å². The molecule has 0 fully saturated rings. The SMILES string of the molecule is CCCCCN=C(NCC)NCCNS(=O)(=O)CC.I. The first kappa shape index (κ1) is 22.2. The van der Waals surface area contributed by atoms with E-state index >= 15 is 0 Å². The molecule has 0 amide bonds. The van der Waals surface area contributed by atoms with Crippen LogP contribution in [0, 0.1) is 0 Å². The van der Waals surface area contributed by atoms with Crippen LogP contribution < -0.4 is 15.4 Å². The minimum absolute atomic E-state index is 0. The Labute approximate surface area is 140 Å². The van der Waals surface area contributed by atoms with Crippen molar-refractivity contribution in [2.45, 2.75) is 40.0 Å². The molecular weight excluding hydrogens is 391 g/mol. The molecule has 0 aromatic carbocycles. The number of halogens is 1. The molecular formula is C12H29IN4O2S. The highest BCUT2D eigenvalue weighted by Gasteiger charge is 2.04. The normalized spacial score (nSPS) is 11.8. The van der Waals surface area contributed by atoms with E-state index in [9.17, 15) is 8.42 Å². The summed E-state index contributed by atoms with van der Waals surface area (Å²) in [6, 6.07) is 0. The van der Waals surface area contributed by atoms with Gasteiger partial charge >= 0.3 is 0 Å². The number of guanidine groups is 1. The quantitative estimate of drug-likeness (QED) is 0.215. The highest BCUT2D eigenvalue weighted by molar-refractivity contribution is 14.0. The van der Waals surface area contributed by atoms with Crippen LogP contribution in [0.4, 0.5) is 0 Å². The number of unbranched alkanes of at least 4 members (excludes halogenated alkanes) is 2. The molecule has 0 unspecified atom stereocenters. The summed E-state index contributed by atoms with van der Waals surface area (Å²) in [4.78, 5) is 4.42. The third kappa shape index (κ3) is 12.9. The Hall–Kier alpha value is -0.0900. The Bertz CT molecular complexity index is 347. The fraction of sp³-hybridized carbons (Fsp3) is 0.917. The summed E-state index contributed by atoms with van der Waals surface area (Å²) < 4.78 is 25.0. The molecule has 0 aliphatic rings. The van der Waals surface area contributed by atoms with E-state index in [4.69, 9.17) is 0 Å². The lowest BCUT2D eigenvalue weighted by molar-refractivity contribution is 0.581. The van der Waals surface area contributed by atoms with Crippen LogP contribution >= 0.6 is 24.0 Å². The summed E-state index contributed by atoms with van der Waals surface area (Å²) in [5, 5.41) is 6.24. The average molecular weight is 420 g/mol. The number of nitrogens with one attached hydrogen (secondary N) is 3. The van der Waals surface area contributed by atoms with Crippen molar-refractivity contribution in [3.63, 3.8) is 0 Å². The predicted molar refractivity (Wildman–Crippen MR) is 96.4 cm³/mol. The standard InChI is InChI=1S/C12H28N4O2S.HI/c1-4-7-8-9-14-12(13-5-2)15-10-11-16-19(17,18)6-3;/h16H,4-11H2,1-3H3,(H2,13,14,15);1H. The fourth-order valence-electron chi connectivity index (χ4n) is 1.38. The molecule has 0 radical (unpaired) electrons. The highest BCUT2D eigenvalue weighted by Crippen LogP contribution is 1.93. The van der Waals surface area contributed by atoms with Gasteiger partial charge in [0, 0.05) is 26.2 Å². The molecule has 0 aliphatic carbocycles. The lowest BCUT2D eigenvalue weighted by Crippen LogP contribution is -2.41. The van der Waals surface area contributed by atoms with E-state index in [1.54, 1.807) is 6.92 Å². The van der Waals surface area contributed by atoms with Crippen molar-refractivity contribution >= 4 is 40.0 Å². The molecule has 0 rings (SSSR count). The number of aliphatic imine (C=N–C) groups is 1. The van der Waals surface area contributed by atoms with E-state index in [1.807, 2.05) is 6.92 Å². The topological polar surface area (TPSA) is 82.6 Å². The molecule has 0 saturated carbocycles. The summed E-state index contributed by atoms with van der Waals surface area (Å²) >= 11 is 0. The van der Waals surface area contributed by atoms with Crippen molar-refractivity contribution in [1.82, 2.24) is 15.4 Å². The van der Waals surface area contributed by atoms with Gasteiger partial charge in [0.25, 0.3) is 0 Å². The van der Waals surface area contributed by atoms with Crippen LogP contribution in [0.25, 0.3) is 0 Å². The zero-order valence-corrected chi connectivity index (χ0v) is 15.9. The van der Waals surface area contributed by atoms with Gasteiger partial charge in [0.2, 0.25) is 10.0 Å². The predicted octanol–water partition coefficient (Wildman–Crippen LogP) is 1.29. The Morgan fingerprint density at radius 1 is 1.05 bits per heavy atom. The number of sulfonamides is 1. The Balaban J connectivity index is 0. The summed E-state index contributed by atoms with van der Waals surface area (Å²) in [7, 11) is -3.10. The maximum Gasteiger partial charge on any atom is 0.211 e. The van der Waals surface area contributed by atoms with Crippen molar-refractivity contribution in [2.24, 2.45) is 4.99 Å². The molecule has 0 aliphatic heterocycles. The van der Waals surface area contributed by atoms with Gasteiger partial charge < -0.3 is 10.6 Å². The average Bonchev–Trinajstić information content (AvgIpc) is 2.39. The van der Waals surface area contributed by atoms with Gasteiger partial charge in [0.05, 0.1) is 5.75 Å². The maximum absolute atomic E-state index is 11.2. The van der Waals surface area contributed by atoms with Crippen LogP contribution in [0.5, 0.6) is 0 Å². The van der Waals surface area contributed by atoms with E-state index in [-0.39, 0.29) is 29.7 Å².